The molecule has 13 heavy (non-hydrogen) atoms. The summed E-state index contributed by atoms with van der Waals surface area (Å²) in [6.07, 6.45) is 3.76. The number of rotatable bonds is 3. The van der Waals surface area contributed by atoms with E-state index in [1.807, 2.05) is 26.2 Å². The molecule has 1 aromatic heterocycles. The van der Waals surface area contributed by atoms with Crippen molar-refractivity contribution in [2.75, 3.05) is 0 Å². The van der Waals surface area contributed by atoms with E-state index in [0.29, 0.717) is 11.9 Å². The molecule has 72 valence electrons. The molecule has 0 aliphatic heterocycles. The third-order valence-corrected chi connectivity index (χ3v) is 1.66. The van der Waals surface area contributed by atoms with Gasteiger partial charge in [-0.2, -0.15) is 0 Å². The molecule has 3 heteroatoms. The lowest BCUT2D eigenvalue weighted by Crippen LogP contribution is -2.08. The minimum absolute atomic E-state index is 0.130. The quantitative estimate of drug-likeness (QED) is 0.716. The second-order valence-corrected chi connectivity index (χ2v) is 3.62. The van der Waals surface area contributed by atoms with Gasteiger partial charge in [-0.15, -0.1) is 0 Å². The van der Waals surface area contributed by atoms with Crippen LogP contribution in [0.15, 0.2) is 12.4 Å². The van der Waals surface area contributed by atoms with Gasteiger partial charge < -0.3 is 4.74 Å². The summed E-state index contributed by atoms with van der Waals surface area (Å²) in [4.78, 5) is 8.21. The van der Waals surface area contributed by atoms with Crippen LogP contribution in [-0.4, -0.2) is 16.1 Å². The molecule has 0 fully saturated rings. The fraction of sp³-hybridized carbons (Fsp3) is 0.600. The van der Waals surface area contributed by atoms with E-state index >= 15 is 0 Å². The van der Waals surface area contributed by atoms with Crippen molar-refractivity contribution in [1.29, 1.82) is 0 Å². The zero-order valence-electron chi connectivity index (χ0n) is 8.61. The Kier molecular flexibility index (Phi) is 3.23. The lowest BCUT2D eigenvalue weighted by molar-refractivity contribution is 0.222. The Morgan fingerprint density at radius 2 is 1.62 bits per heavy atom. The molecule has 0 spiro atoms. The summed E-state index contributed by atoms with van der Waals surface area (Å²) in [5.74, 6) is 0.466. The molecule has 3 nitrogen and oxygen atoms in total. The van der Waals surface area contributed by atoms with Gasteiger partial charge in [0.05, 0.1) is 6.10 Å². The van der Waals surface area contributed by atoms with Gasteiger partial charge in [-0.05, 0) is 25.3 Å². The average Bonchev–Trinajstić information content (AvgIpc) is 2.04. The summed E-state index contributed by atoms with van der Waals surface area (Å²) in [6, 6.07) is 0.458. The Bertz CT molecular complexity index is 254. The Morgan fingerprint density at radius 3 is 2.00 bits per heavy atom. The molecule has 0 saturated heterocycles. The third-order valence-electron chi connectivity index (χ3n) is 1.66. The largest absolute Gasteiger partial charge is 0.461 e. The van der Waals surface area contributed by atoms with E-state index in [4.69, 9.17) is 4.74 Å². The zero-order valence-corrected chi connectivity index (χ0v) is 8.61. The summed E-state index contributed by atoms with van der Waals surface area (Å²) >= 11 is 0. The van der Waals surface area contributed by atoms with Crippen molar-refractivity contribution >= 4 is 0 Å². The maximum absolute atomic E-state index is 5.33. The molecule has 0 N–H and O–H groups in total. The van der Waals surface area contributed by atoms with E-state index in [1.54, 1.807) is 0 Å². The maximum Gasteiger partial charge on any atom is 0.316 e. The van der Waals surface area contributed by atoms with Crippen molar-refractivity contribution in [2.45, 2.75) is 39.7 Å². The number of nitrogens with zero attached hydrogens (tertiary/aromatic N) is 2. The van der Waals surface area contributed by atoms with E-state index in [-0.39, 0.29) is 6.10 Å². The predicted molar refractivity (Wildman–Crippen MR) is 51.9 cm³/mol. The van der Waals surface area contributed by atoms with E-state index in [9.17, 15) is 0 Å². The van der Waals surface area contributed by atoms with Crippen LogP contribution in [0.1, 0.15) is 39.2 Å². The summed E-state index contributed by atoms with van der Waals surface area (Å²) in [5, 5.41) is 0. The number of hydrogen-bond acceptors (Lipinski definition) is 3. The van der Waals surface area contributed by atoms with Gasteiger partial charge in [0, 0.05) is 12.4 Å². The first kappa shape index (κ1) is 9.96. The highest BCUT2D eigenvalue weighted by Crippen LogP contribution is 2.13. The lowest BCUT2D eigenvalue weighted by Gasteiger charge is -2.08. The molecule has 0 amide bonds. The van der Waals surface area contributed by atoms with Gasteiger partial charge in [-0.3, -0.25) is 0 Å². The number of hydrogen-bond donors (Lipinski definition) is 0. The standard InChI is InChI=1S/C10H16N2O/c1-7(2)9-5-11-10(12-6-9)13-8(3)4/h5-8H,1-4H3. The second kappa shape index (κ2) is 4.21. The third kappa shape index (κ3) is 3.01. The highest BCUT2D eigenvalue weighted by Gasteiger charge is 2.03. The Balaban J connectivity index is 2.70. The van der Waals surface area contributed by atoms with Crippen LogP contribution in [-0.2, 0) is 0 Å². The van der Waals surface area contributed by atoms with Crippen LogP contribution in [0.5, 0.6) is 6.01 Å². The molecule has 0 aliphatic rings. The van der Waals surface area contributed by atoms with Gasteiger partial charge in [0.15, 0.2) is 0 Å². The van der Waals surface area contributed by atoms with Crippen molar-refractivity contribution in [1.82, 2.24) is 9.97 Å². The Hall–Kier alpha value is -1.12. The molecule has 1 heterocycles. The lowest BCUT2D eigenvalue weighted by atomic mass is 10.1. The molecular formula is C10H16N2O. The SMILES string of the molecule is CC(C)Oc1ncc(C(C)C)cn1. The van der Waals surface area contributed by atoms with E-state index < -0.39 is 0 Å². The molecule has 0 unspecified atom stereocenters. The first-order chi connectivity index (χ1) is 6.09. The van der Waals surface area contributed by atoms with Gasteiger partial charge in [0.25, 0.3) is 0 Å². The maximum atomic E-state index is 5.33. The van der Waals surface area contributed by atoms with Crippen LogP contribution in [0.4, 0.5) is 0 Å². The topological polar surface area (TPSA) is 35.0 Å². The van der Waals surface area contributed by atoms with Crippen molar-refractivity contribution < 1.29 is 4.74 Å². The van der Waals surface area contributed by atoms with Gasteiger partial charge >= 0.3 is 6.01 Å². The van der Waals surface area contributed by atoms with Crippen LogP contribution in [0.2, 0.25) is 0 Å². The van der Waals surface area contributed by atoms with E-state index in [0.717, 1.165) is 5.56 Å². The average molecular weight is 180 g/mol. The van der Waals surface area contributed by atoms with Gasteiger partial charge in [-0.1, -0.05) is 13.8 Å². The van der Waals surface area contributed by atoms with Gasteiger partial charge in [0.1, 0.15) is 0 Å². The minimum atomic E-state index is 0.130. The molecule has 0 bridgehead atoms. The van der Waals surface area contributed by atoms with Crippen LogP contribution in [0.25, 0.3) is 0 Å². The molecule has 0 radical (unpaired) electrons. The molecular weight excluding hydrogens is 164 g/mol. The highest BCUT2D eigenvalue weighted by atomic mass is 16.5. The van der Waals surface area contributed by atoms with Crippen molar-refractivity contribution in [3.63, 3.8) is 0 Å². The first-order valence-electron chi connectivity index (χ1n) is 4.58. The van der Waals surface area contributed by atoms with Gasteiger partial charge in [-0.25, -0.2) is 9.97 Å². The van der Waals surface area contributed by atoms with Crippen LogP contribution >= 0.6 is 0 Å². The van der Waals surface area contributed by atoms with Crippen molar-refractivity contribution in [3.8, 4) is 6.01 Å². The van der Waals surface area contributed by atoms with Crippen molar-refractivity contribution in [2.24, 2.45) is 0 Å². The monoisotopic (exact) mass is 180 g/mol. The molecule has 1 aromatic rings. The summed E-state index contributed by atoms with van der Waals surface area (Å²) in [7, 11) is 0. The number of ether oxygens (including phenoxy) is 1. The molecule has 0 aliphatic carbocycles. The van der Waals surface area contributed by atoms with E-state index in [1.165, 1.54) is 0 Å². The van der Waals surface area contributed by atoms with Gasteiger partial charge in [0.2, 0.25) is 0 Å². The Morgan fingerprint density at radius 1 is 1.08 bits per heavy atom. The second-order valence-electron chi connectivity index (χ2n) is 3.62. The molecule has 0 saturated carbocycles. The predicted octanol–water partition coefficient (Wildman–Crippen LogP) is 2.39. The molecule has 0 atom stereocenters. The fourth-order valence-electron chi connectivity index (χ4n) is 0.896. The smallest absolute Gasteiger partial charge is 0.316 e. The number of aromatic nitrogens is 2. The normalized spacial score (nSPS) is 10.9. The summed E-state index contributed by atoms with van der Waals surface area (Å²) in [6.45, 7) is 8.14. The van der Waals surface area contributed by atoms with E-state index in [2.05, 4.69) is 23.8 Å². The van der Waals surface area contributed by atoms with Crippen LogP contribution < -0.4 is 4.74 Å². The van der Waals surface area contributed by atoms with Crippen LogP contribution in [0, 0.1) is 0 Å². The summed E-state index contributed by atoms with van der Waals surface area (Å²) < 4.78 is 5.33. The molecule has 1 rings (SSSR count). The van der Waals surface area contributed by atoms with Crippen LogP contribution in [0.3, 0.4) is 0 Å². The first-order valence-corrected chi connectivity index (χ1v) is 4.58. The Labute approximate surface area is 79.2 Å². The zero-order chi connectivity index (χ0) is 9.84. The fourth-order valence-corrected chi connectivity index (χ4v) is 0.896. The highest BCUT2D eigenvalue weighted by molar-refractivity contribution is 5.11. The van der Waals surface area contributed by atoms with Crippen molar-refractivity contribution in [3.05, 3.63) is 18.0 Å². The minimum Gasteiger partial charge on any atom is -0.461 e. The molecule has 0 aromatic carbocycles. The summed E-state index contributed by atoms with van der Waals surface area (Å²) in [5.41, 5.74) is 1.14.